The smallest absolute Gasteiger partial charge is 0.223 e. The van der Waals surface area contributed by atoms with Crippen molar-refractivity contribution in [3.05, 3.63) is 0 Å². The highest BCUT2D eigenvalue weighted by molar-refractivity contribution is 14.0. The minimum atomic E-state index is 0. The van der Waals surface area contributed by atoms with Gasteiger partial charge in [-0.05, 0) is 25.2 Å². The van der Waals surface area contributed by atoms with Crippen molar-refractivity contribution in [2.75, 3.05) is 39.9 Å². The molecule has 1 amide bonds. The highest BCUT2D eigenvalue weighted by atomic mass is 127. The quantitative estimate of drug-likeness (QED) is 0.214. The lowest BCUT2D eigenvalue weighted by molar-refractivity contribution is -0.122. The highest BCUT2D eigenvalue weighted by Gasteiger charge is 2.28. The standard InChI is InChI=1S/C15H30N4O2.HI/c1-12(2)6-10-21-11-9-19-15(16-3)18-8-7-17-14(20)13-4-5-13;/h12-13H,4-11H2,1-3H3,(H,17,20)(H2,16,18,19);1H. The van der Waals surface area contributed by atoms with Crippen molar-refractivity contribution < 1.29 is 9.53 Å². The monoisotopic (exact) mass is 426 g/mol. The Morgan fingerprint density at radius 3 is 2.36 bits per heavy atom. The molecule has 0 aromatic rings. The minimum Gasteiger partial charge on any atom is -0.380 e. The Morgan fingerprint density at radius 2 is 1.77 bits per heavy atom. The summed E-state index contributed by atoms with van der Waals surface area (Å²) < 4.78 is 5.53. The first kappa shape index (κ1) is 21.4. The van der Waals surface area contributed by atoms with E-state index in [0.717, 1.165) is 38.4 Å². The number of nitrogens with one attached hydrogen (secondary N) is 3. The third-order valence-electron chi connectivity index (χ3n) is 3.27. The lowest BCUT2D eigenvalue weighted by atomic mass is 10.1. The highest BCUT2D eigenvalue weighted by Crippen LogP contribution is 2.28. The van der Waals surface area contributed by atoms with Crippen molar-refractivity contribution in [3.8, 4) is 0 Å². The van der Waals surface area contributed by atoms with E-state index < -0.39 is 0 Å². The van der Waals surface area contributed by atoms with Gasteiger partial charge in [0.2, 0.25) is 5.91 Å². The van der Waals surface area contributed by atoms with Crippen molar-refractivity contribution in [3.63, 3.8) is 0 Å². The molecule has 130 valence electrons. The number of carbonyl (C=O) groups excluding carboxylic acids is 1. The molecular formula is C15H31IN4O2. The Labute approximate surface area is 151 Å². The van der Waals surface area contributed by atoms with E-state index in [2.05, 4.69) is 34.8 Å². The fraction of sp³-hybridized carbons (Fsp3) is 0.867. The lowest BCUT2D eigenvalue weighted by Gasteiger charge is -2.12. The van der Waals surface area contributed by atoms with Crippen molar-refractivity contribution >= 4 is 35.8 Å². The molecule has 0 atom stereocenters. The number of hydrogen-bond acceptors (Lipinski definition) is 3. The van der Waals surface area contributed by atoms with Gasteiger partial charge in [0, 0.05) is 39.2 Å². The number of rotatable bonds is 10. The summed E-state index contributed by atoms with van der Waals surface area (Å²) in [7, 11) is 1.73. The number of guanidine groups is 1. The summed E-state index contributed by atoms with van der Waals surface area (Å²) >= 11 is 0. The normalized spacial score (nSPS) is 14.5. The second-order valence-electron chi connectivity index (χ2n) is 5.79. The summed E-state index contributed by atoms with van der Waals surface area (Å²) in [4.78, 5) is 15.6. The second kappa shape index (κ2) is 12.9. The van der Waals surface area contributed by atoms with Gasteiger partial charge in [0.05, 0.1) is 6.61 Å². The lowest BCUT2D eigenvalue weighted by Crippen LogP contribution is -2.42. The molecule has 1 fully saturated rings. The summed E-state index contributed by atoms with van der Waals surface area (Å²) in [6.07, 6.45) is 3.17. The van der Waals surface area contributed by atoms with Crippen molar-refractivity contribution in [1.29, 1.82) is 0 Å². The predicted molar refractivity (Wildman–Crippen MR) is 101 cm³/mol. The van der Waals surface area contributed by atoms with Gasteiger partial charge in [-0.3, -0.25) is 9.79 Å². The molecular weight excluding hydrogens is 395 g/mol. The maximum Gasteiger partial charge on any atom is 0.223 e. The van der Waals surface area contributed by atoms with Gasteiger partial charge in [-0.2, -0.15) is 0 Å². The summed E-state index contributed by atoms with van der Waals surface area (Å²) in [6.45, 7) is 7.88. The van der Waals surface area contributed by atoms with Crippen LogP contribution in [0.15, 0.2) is 4.99 Å². The van der Waals surface area contributed by atoms with E-state index in [1.807, 2.05) is 0 Å². The Morgan fingerprint density at radius 1 is 1.14 bits per heavy atom. The van der Waals surface area contributed by atoms with E-state index in [1.54, 1.807) is 7.05 Å². The van der Waals surface area contributed by atoms with Crippen LogP contribution >= 0.6 is 24.0 Å². The van der Waals surface area contributed by atoms with Gasteiger partial charge < -0.3 is 20.7 Å². The first-order valence-electron chi connectivity index (χ1n) is 7.93. The van der Waals surface area contributed by atoms with Crippen LogP contribution in [0.25, 0.3) is 0 Å². The zero-order valence-corrected chi connectivity index (χ0v) is 16.3. The maximum absolute atomic E-state index is 11.4. The molecule has 0 aromatic heterocycles. The molecule has 0 aromatic carbocycles. The average Bonchev–Trinajstić information content (AvgIpc) is 3.28. The summed E-state index contributed by atoms with van der Waals surface area (Å²) in [5.41, 5.74) is 0. The van der Waals surface area contributed by atoms with Gasteiger partial charge in [-0.25, -0.2) is 0 Å². The maximum atomic E-state index is 11.4. The molecule has 22 heavy (non-hydrogen) atoms. The number of hydrogen-bond donors (Lipinski definition) is 3. The molecule has 1 rings (SSSR count). The minimum absolute atomic E-state index is 0. The molecule has 0 heterocycles. The Kier molecular flexibility index (Phi) is 12.6. The molecule has 1 aliphatic carbocycles. The Balaban J connectivity index is 0.00000441. The number of carbonyl (C=O) groups is 1. The van der Waals surface area contributed by atoms with Gasteiger partial charge in [0.1, 0.15) is 0 Å². The van der Waals surface area contributed by atoms with Crippen LogP contribution in [0.2, 0.25) is 0 Å². The molecule has 6 nitrogen and oxygen atoms in total. The molecule has 0 unspecified atom stereocenters. The fourth-order valence-corrected chi connectivity index (χ4v) is 1.74. The van der Waals surface area contributed by atoms with E-state index in [1.165, 1.54) is 0 Å². The third-order valence-corrected chi connectivity index (χ3v) is 3.27. The number of halogens is 1. The number of aliphatic imine (C=N–C) groups is 1. The molecule has 3 N–H and O–H groups in total. The largest absolute Gasteiger partial charge is 0.380 e. The van der Waals surface area contributed by atoms with E-state index in [4.69, 9.17) is 4.74 Å². The van der Waals surface area contributed by atoms with Crippen LogP contribution in [-0.2, 0) is 9.53 Å². The summed E-state index contributed by atoms with van der Waals surface area (Å²) in [6, 6.07) is 0. The third kappa shape index (κ3) is 11.1. The molecule has 7 heteroatoms. The van der Waals surface area contributed by atoms with Gasteiger partial charge in [0.15, 0.2) is 5.96 Å². The van der Waals surface area contributed by atoms with Crippen LogP contribution in [0.3, 0.4) is 0 Å². The molecule has 1 saturated carbocycles. The van der Waals surface area contributed by atoms with Gasteiger partial charge in [0.25, 0.3) is 0 Å². The number of nitrogens with zero attached hydrogens (tertiary/aromatic N) is 1. The van der Waals surface area contributed by atoms with Crippen LogP contribution in [0, 0.1) is 11.8 Å². The van der Waals surface area contributed by atoms with Crippen LogP contribution in [0.5, 0.6) is 0 Å². The predicted octanol–water partition coefficient (Wildman–Crippen LogP) is 1.36. The van der Waals surface area contributed by atoms with E-state index >= 15 is 0 Å². The zero-order valence-electron chi connectivity index (χ0n) is 14.0. The van der Waals surface area contributed by atoms with Gasteiger partial charge >= 0.3 is 0 Å². The first-order chi connectivity index (χ1) is 10.1. The zero-order chi connectivity index (χ0) is 15.5. The Hall–Kier alpha value is -0.570. The number of ether oxygens (including phenoxy) is 1. The van der Waals surface area contributed by atoms with Gasteiger partial charge in [-0.15, -0.1) is 24.0 Å². The fourth-order valence-electron chi connectivity index (χ4n) is 1.74. The Bertz CT molecular complexity index is 334. The van der Waals surface area contributed by atoms with Crippen LogP contribution in [0.4, 0.5) is 0 Å². The first-order valence-corrected chi connectivity index (χ1v) is 7.93. The van der Waals surface area contributed by atoms with Crippen LogP contribution < -0.4 is 16.0 Å². The van der Waals surface area contributed by atoms with Crippen molar-refractivity contribution in [2.45, 2.75) is 33.1 Å². The van der Waals surface area contributed by atoms with Crippen molar-refractivity contribution in [2.24, 2.45) is 16.8 Å². The van der Waals surface area contributed by atoms with Crippen molar-refractivity contribution in [1.82, 2.24) is 16.0 Å². The van der Waals surface area contributed by atoms with Crippen LogP contribution in [0.1, 0.15) is 33.1 Å². The SMILES string of the molecule is CN=C(NCCNC(=O)C1CC1)NCCOCCC(C)C.I. The van der Waals surface area contributed by atoms with E-state index in [0.29, 0.717) is 25.6 Å². The molecule has 0 bridgehead atoms. The van der Waals surface area contributed by atoms with E-state index in [9.17, 15) is 4.79 Å². The summed E-state index contributed by atoms with van der Waals surface area (Å²) in [5.74, 6) is 1.87. The molecule has 0 aliphatic heterocycles. The molecule has 1 aliphatic rings. The molecule has 0 spiro atoms. The average molecular weight is 426 g/mol. The van der Waals surface area contributed by atoms with E-state index in [-0.39, 0.29) is 35.8 Å². The second-order valence-corrected chi connectivity index (χ2v) is 5.79. The topological polar surface area (TPSA) is 74.8 Å². The number of amides is 1. The van der Waals surface area contributed by atoms with Gasteiger partial charge in [-0.1, -0.05) is 13.8 Å². The molecule has 0 radical (unpaired) electrons. The molecule has 0 saturated heterocycles. The summed E-state index contributed by atoms with van der Waals surface area (Å²) in [5, 5.41) is 9.25. The van der Waals surface area contributed by atoms with Crippen LogP contribution in [-0.4, -0.2) is 51.8 Å².